The van der Waals surface area contributed by atoms with Crippen LogP contribution in [0.25, 0.3) is 75.1 Å². The Morgan fingerprint density at radius 1 is 0.388 bits per heavy atom. The van der Waals surface area contributed by atoms with E-state index in [0.717, 1.165) is 39.0 Å². The molecule has 0 unspecified atom stereocenters. The van der Waals surface area contributed by atoms with Crippen LogP contribution < -0.4 is 4.90 Å². The standard InChI is InChI=1S/C46H29NOS/c1-3-11-30(12-4-1)36-24-22-34(27-39(36)31-13-5-2-6-14-31)47(35-23-25-43-41(29-35)37-15-7-9-17-42(37)48-43)33-21-19-32-20-26-45-46(40(32)28-33)38-16-8-10-18-44(38)49-45/h1-29H. The average Bonchev–Trinajstić information content (AvgIpc) is 3.74. The van der Waals surface area contributed by atoms with E-state index in [1.165, 1.54) is 53.2 Å². The number of hydrogen-bond acceptors (Lipinski definition) is 3. The van der Waals surface area contributed by atoms with Crippen LogP contribution in [0.3, 0.4) is 0 Å². The topological polar surface area (TPSA) is 16.4 Å². The summed E-state index contributed by atoms with van der Waals surface area (Å²) in [5.41, 5.74) is 9.84. The molecule has 0 spiro atoms. The highest BCUT2D eigenvalue weighted by atomic mass is 32.1. The summed E-state index contributed by atoms with van der Waals surface area (Å²) in [6.45, 7) is 0. The zero-order valence-corrected chi connectivity index (χ0v) is 27.3. The van der Waals surface area contributed by atoms with Crippen LogP contribution in [-0.2, 0) is 0 Å². The number of hydrogen-bond donors (Lipinski definition) is 0. The molecule has 230 valence electrons. The van der Waals surface area contributed by atoms with E-state index in [1.54, 1.807) is 0 Å². The van der Waals surface area contributed by atoms with Gasteiger partial charge in [-0.3, -0.25) is 0 Å². The molecule has 0 aliphatic heterocycles. The molecular formula is C46H29NOS. The first-order valence-electron chi connectivity index (χ1n) is 16.6. The maximum absolute atomic E-state index is 6.26. The second-order valence-corrected chi connectivity index (χ2v) is 13.6. The molecule has 0 amide bonds. The lowest BCUT2D eigenvalue weighted by Crippen LogP contribution is -2.10. The molecule has 2 heterocycles. The summed E-state index contributed by atoms with van der Waals surface area (Å²) in [6.07, 6.45) is 0. The summed E-state index contributed by atoms with van der Waals surface area (Å²) in [4.78, 5) is 2.40. The molecule has 0 radical (unpaired) electrons. The van der Waals surface area contributed by atoms with E-state index in [1.807, 2.05) is 23.5 Å². The van der Waals surface area contributed by atoms with Crippen molar-refractivity contribution in [3.63, 3.8) is 0 Å². The van der Waals surface area contributed by atoms with Gasteiger partial charge in [0.25, 0.3) is 0 Å². The Morgan fingerprint density at radius 2 is 0.980 bits per heavy atom. The molecule has 0 N–H and O–H groups in total. The van der Waals surface area contributed by atoms with Gasteiger partial charge in [0.2, 0.25) is 0 Å². The maximum Gasteiger partial charge on any atom is 0.135 e. The predicted molar refractivity (Wildman–Crippen MR) is 210 cm³/mol. The molecule has 0 saturated carbocycles. The van der Waals surface area contributed by atoms with Crippen LogP contribution >= 0.6 is 11.3 Å². The van der Waals surface area contributed by atoms with Gasteiger partial charge in [-0.25, -0.2) is 0 Å². The monoisotopic (exact) mass is 643 g/mol. The fourth-order valence-electron chi connectivity index (χ4n) is 7.37. The normalized spacial score (nSPS) is 11.7. The number of rotatable bonds is 5. The van der Waals surface area contributed by atoms with Crippen LogP contribution in [0.2, 0.25) is 0 Å². The minimum atomic E-state index is 0.888. The van der Waals surface area contributed by atoms with Crippen molar-refractivity contribution in [2.24, 2.45) is 0 Å². The van der Waals surface area contributed by atoms with Gasteiger partial charge in [0.15, 0.2) is 0 Å². The Kier molecular flexibility index (Phi) is 6.39. The van der Waals surface area contributed by atoms with Gasteiger partial charge < -0.3 is 9.32 Å². The molecule has 0 bridgehead atoms. The number of furan rings is 1. The van der Waals surface area contributed by atoms with E-state index in [2.05, 4.69) is 169 Å². The van der Waals surface area contributed by atoms with Crippen LogP contribution in [0.1, 0.15) is 0 Å². The maximum atomic E-state index is 6.26. The smallest absolute Gasteiger partial charge is 0.135 e. The number of thiophene rings is 1. The van der Waals surface area contributed by atoms with Gasteiger partial charge in [0, 0.05) is 48.0 Å². The lowest BCUT2D eigenvalue weighted by atomic mass is 9.93. The molecule has 49 heavy (non-hydrogen) atoms. The number of fused-ring (bicyclic) bond motifs is 8. The van der Waals surface area contributed by atoms with E-state index in [-0.39, 0.29) is 0 Å². The molecule has 0 aliphatic rings. The van der Waals surface area contributed by atoms with Gasteiger partial charge in [-0.15, -0.1) is 11.3 Å². The van der Waals surface area contributed by atoms with Crippen molar-refractivity contribution in [3.8, 4) is 22.3 Å². The number of anilines is 3. The van der Waals surface area contributed by atoms with E-state index in [0.29, 0.717) is 0 Å². The quantitative estimate of drug-likeness (QED) is 0.186. The highest BCUT2D eigenvalue weighted by Crippen LogP contribution is 2.45. The molecule has 3 heteroatoms. The van der Waals surface area contributed by atoms with E-state index < -0.39 is 0 Å². The summed E-state index contributed by atoms with van der Waals surface area (Å²) in [5.74, 6) is 0. The molecule has 0 saturated heterocycles. The zero-order chi connectivity index (χ0) is 32.3. The number of benzene rings is 8. The molecule has 0 fully saturated rings. The molecule has 10 rings (SSSR count). The minimum Gasteiger partial charge on any atom is -0.456 e. The number of para-hydroxylation sites is 1. The van der Waals surface area contributed by atoms with Crippen LogP contribution in [0.15, 0.2) is 180 Å². The van der Waals surface area contributed by atoms with Crippen molar-refractivity contribution in [3.05, 3.63) is 176 Å². The van der Waals surface area contributed by atoms with Gasteiger partial charge in [0.1, 0.15) is 11.2 Å². The third-order valence-corrected chi connectivity index (χ3v) is 10.8. The summed E-state index contributed by atoms with van der Waals surface area (Å²) < 4.78 is 8.88. The van der Waals surface area contributed by atoms with E-state index in [9.17, 15) is 0 Å². The van der Waals surface area contributed by atoms with Gasteiger partial charge in [0.05, 0.1) is 0 Å². The van der Waals surface area contributed by atoms with Crippen LogP contribution in [0.4, 0.5) is 17.1 Å². The second-order valence-electron chi connectivity index (χ2n) is 12.5. The Labute approximate surface area is 287 Å². The largest absolute Gasteiger partial charge is 0.456 e. The first-order chi connectivity index (χ1) is 24.3. The summed E-state index contributed by atoms with van der Waals surface area (Å²) in [6, 6.07) is 63.3. The molecule has 8 aromatic carbocycles. The van der Waals surface area contributed by atoms with Gasteiger partial charge in [-0.05, 0) is 93.7 Å². The van der Waals surface area contributed by atoms with Crippen molar-refractivity contribution >= 4 is 81.3 Å². The lowest BCUT2D eigenvalue weighted by Gasteiger charge is -2.27. The van der Waals surface area contributed by atoms with Crippen molar-refractivity contribution < 1.29 is 4.42 Å². The molecule has 2 nitrogen and oxygen atoms in total. The zero-order valence-electron chi connectivity index (χ0n) is 26.5. The summed E-state index contributed by atoms with van der Waals surface area (Å²) in [7, 11) is 0. The van der Waals surface area contributed by atoms with E-state index in [4.69, 9.17) is 4.42 Å². The first-order valence-corrected chi connectivity index (χ1v) is 17.4. The van der Waals surface area contributed by atoms with Crippen molar-refractivity contribution in [1.29, 1.82) is 0 Å². The van der Waals surface area contributed by atoms with Crippen molar-refractivity contribution in [2.45, 2.75) is 0 Å². The van der Waals surface area contributed by atoms with E-state index >= 15 is 0 Å². The average molecular weight is 644 g/mol. The number of nitrogens with zero attached hydrogens (tertiary/aromatic N) is 1. The van der Waals surface area contributed by atoms with Crippen LogP contribution in [0.5, 0.6) is 0 Å². The first kappa shape index (κ1) is 27.9. The Bertz CT molecular complexity index is 2830. The van der Waals surface area contributed by atoms with Gasteiger partial charge in [-0.2, -0.15) is 0 Å². The second kappa shape index (κ2) is 11.2. The molecule has 0 atom stereocenters. The van der Waals surface area contributed by atoms with Crippen molar-refractivity contribution in [2.75, 3.05) is 4.90 Å². The summed E-state index contributed by atoms with van der Waals surface area (Å²) in [5, 5.41) is 7.35. The van der Waals surface area contributed by atoms with Gasteiger partial charge in [-0.1, -0.05) is 115 Å². The van der Waals surface area contributed by atoms with Gasteiger partial charge >= 0.3 is 0 Å². The molecular weight excluding hydrogens is 615 g/mol. The highest BCUT2D eigenvalue weighted by molar-refractivity contribution is 7.26. The van der Waals surface area contributed by atoms with Crippen LogP contribution in [0, 0.1) is 0 Å². The summed E-state index contributed by atoms with van der Waals surface area (Å²) >= 11 is 1.86. The molecule has 2 aromatic heterocycles. The fraction of sp³-hybridized carbons (Fsp3) is 0. The third kappa shape index (κ3) is 4.62. The Morgan fingerprint density at radius 3 is 1.80 bits per heavy atom. The molecule has 0 aliphatic carbocycles. The Hall–Kier alpha value is -6.16. The SMILES string of the molecule is c1ccc(-c2ccc(N(c3ccc4oc5ccccc5c4c3)c3ccc4ccc5sc6ccccc6c5c4c3)cc2-c2ccccc2)cc1. The van der Waals surface area contributed by atoms with Crippen molar-refractivity contribution in [1.82, 2.24) is 0 Å². The van der Waals surface area contributed by atoms with Crippen LogP contribution in [-0.4, -0.2) is 0 Å². The fourth-order valence-corrected chi connectivity index (χ4v) is 8.49. The highest BCUT2D eigenvalue weighted by Gasteiger charge is 2.19. The predicted octanol–water partition coefficient (Wildman–Crippen LogP) is 13.9. The third-order valence-electron chi connectivity index (χ3n) is 9.65. The molecule has 10 aromatic rings. The lowest BCUT2D eigenvalue weighted by molar-refractivity contribution is 0.669. The Balaban J connectivity index is 1.25. The minimum absolute atomic E-state index is 0.888.